The standard InChI is InChI=1S/C14H11Cl2NO2/c1-19-14(18)11-3-2-6-17-13(11)8-9-7-10(15)4-5-12(9)16/h2-7H,8H2,1H3. The van der Waals surface area contributed by atoms with Gasteiger partial charge < -0.3 is 4.74 Å². The van der Waals surface area contributed by atoms with E-state index in [-0.39, 0.29) is 0 Å². The Bertz CT molecular complexity index is 614. The van der Waals surface area contributed by atoms with Crippen LogP contribution in [-0.2, 0) is 11.2 Å². The van der Waals surface area contributed by atoms with Gasteiger partial charge in [-0.05, 0) is 35.9 Å². The zero-order valence-corrected chi connectivity index (χ0v) is 11.7. The Morgan fingerprint density at radius 2 is 2.11 bits per heavy atom. The van der Waals surface area contributed by atoms with Crippen LogP contribution < -0.4 is 0 Å². The van der Waals surface area contributed by atoms with Crippen LogP contribution in [0, 0.1) is 0 Å². The van der Waals surface area contributed by atoms with E-state index in [9.17, 15) is 4.79 Å². The monoisotopic (exact) mass is 295 g/mol. The number of carbonyl (C=O) groups excluding carboxylic acids is 1. The maximum atomic E-state index is 11.7. The third-order valence-electron chi connectivity index (χ3n) is 2.66. The van der Waals surface area contributed by atoms with Crippen molar-refractivity contribution in [2.75, 3.05) is 7.11 Å². The molecule has 0 saturated heterocycles. The Kier molecular flexibility index (Phi) is 4.40. The summed E-state index contributed by atoms with van der Waals surface area (Å²) >= 11 is 12.1. The van der Waals surface area contributed by atoms with Crippen LogP contribution in [0.25, 0.3) is 0 Å². The molecule has 0 saturated carbocycles. The summed E-state index contributed by atoms with van der Waals surface area (Å²) in [6, 6.07) is 8.56. The Hall–Kier alpha value is -1.58. The van der Waals surface area contributed by atoms with Crippen LogP contribution in [-0.4, -0.2) is 18.1 Å². The molecule has 0 fully saturated rings. The molecule has 0 aliphatic rings. The minimum Gasteiger partial charge on any atom is -0.465 e. The molecule has 0 atom stereocenters. The van der Waals surface area contributed by atoms with E-state index in [2.05, 4.69) is 4.98 Å². The quantitative estimate of drug-likeness (QED) is 0.809. The first-order chi connectivity index (χ1) is 9.11. The van der Waals surface area contributed by atoms with Crippen LogP contribution in [0.15, 0.2) is 36.5 Å². The number of esters is 1. The number of aromatic nitrogens is 1. The van der Waals surface area contributed by atoms with Gasteiger partial charge in [0.15, 0.2) is 0 Å². The molecule has 0 N–H and O–H groups in total. The average Bonchev–Trinajstić information content (AvgIpc) is 2.42. The summed E-state index contributed by atoms with van der Waals surface area (Å²) < 4.78 is 4.73. The minimum atomic E-state index is -0.416. The third kappa shape index (κ3) is 3.25. The van der Waals surface area contributed by atoms with E-state index in [1.807, 2.05) is 0 Å². The number of ether oxygens (including phenoxy) is 1. The van der Waals surface area contributed by atoms with Gasteiger partial charge in [-0.3, -0.25) is 4.98 Å². The molecule has 98 valence electrons. The Morgan fingerprint density at radius 1 is 1.32 bits per heavy atom. The van der Waals surface area contributed by atoms with Crippen LogP contribution in [0.4, 0.5) is 0 Å². The van der Waals surface area contributed by atoms with Crippen molar-refractivity contribution < 1.29 is 9.53 Å². The summed E-state index contributed by atoms with van der Waals surface area (Å²) in [5.41, 5.74) is 1.86. The van der Waals surface area contributed by atoms with Gasteiger partial charge in [0.2, 0.25) is 0 Å². The fourth-order valence-electron chi connectivity index (χ4n) is 1.73. The largest absolute Gasteiger partial charge is 0.465 e. The van der Waals surface area contributed by atoms with Crippen molar-refractivity contribution in [3.8, 4) is 0 Å². The Labute approximate surface area is 121 Å². The first-order valence-electron chi connectivity index (χ1n) is 5.58. The van der Waals surface area contributed by atoms with E-state index in [4.69, 9.17) is 27.9 Å². The molecular weight excluding hydrogens is 285 g/mol. The van der Waals surface area contributed by atoms with Gasteiger partial charge in [0, 0.05) is 22.7 Å². The fraction of sp³-hybridized carbons (Fsp3) is 0.143. The molecule has 2 aromatic rings. The average molecular weight is 296 g/mol. The summed E-state index contributed by atoms with van der Waals surface area (Å²) in [5.74, 6) is -0.416. The second-order valence-electron chi connectivity index (χ2n) is 3.90. The van der Waals surface area contributed by atoms with Crippen LogP contribution >= 0.6 is 23.2 Å². The second kappa shape index (κ2) is 6.04. The van der Waals surface area contributed by atoms with E-state index in [1.54, 1.807) is 36.5 Å². The molecular formula is C14H11Cl2NO2. The van der Waals surface area contributed by atoms with Gasteiger partial charge in [0.05, 0.1) is 18.4 Å². The normalized spacial score (nSPS) is 10.3. The minimum absolute atomic E-state index is 0.416. The summed E-state index contributed by atoms with van der Waals surface area (Å²) in [5, 5.41) is 1.18. The van der Waals surface area contributed by atoms with Crippen LogP contribution in [0.2, 0.25) is 10.0 Å². The predicted octanol–water partition coefficient (Wildman–Crippen LogP) is 3.77. The van der Waals surface area contributed by atoms with Crippen LogP contribution in [0.5, 0.6) is 0 Å². The van der Waals surface area contributed by atoms with Gasteiger partial charge >= 0.3 is 5.97 Å². The lowest BCUT2D eigenvalue weighted by atomic mass is 10.1. The highest BCUT2D eigenvalue weighted by atomic mass is 35.5. The number of methoxy groups -OCH3 is 1. The Balaban J connectivity index is 2.38. The highest BCUT2D eigenvalue weighted by Gasteiger charge is 2.14. The van der Waals surface area contributed by atoms with Crippen LogP contribution in [0.1, 0.15) is 21.6 Å². The van der Waals surface area contributed by atoms with E-state index in [0.29, 0.717) is 27.7 Å². The van der Waals surface area contributed by atoms with Crippen molar-refractivity contribution in [2.45, 2.75) is 6.42 Å². The number of hydrogen-bond donors (Lipinski definition) is 0. The van der Waals surface area contributed by atoms with E-state index >= 15 is 0 Å². The summed E-state index contributed by atoms with van der Waals surface area (Å²) in [4.78, 5) is 15.9. The maximum absolute atomic E-state index is 11.7. The number of carbonyl (C=O) groups is 1. The molecule has 0 bridgehead atoms. The van der Waals surface area contributed by atoms with Gasteiger partial charge in [-0.1, -0.05) is 23.2 Å². The van der Waals surface area contributed by atoms with Crippen molar-refractivity contribution >= 4 is 29.2 Å². The lowest BCUT2D eigenvalue weighted by Crippen LogP contribution is -2.08. The fourth-order valence-corrected chi connectivity index (χ4v) is 2.11. The molecule has 1 aromatic carbocycles. The van der Waals surface area contributed by atoms with Gasteiger partial charge in [0.25, 0.3) is 0 Å². The number of hydrogen-bond acceptors (Lipinski definition) is 3. The van der Waals surface area contributed by atoms with E-state index in [1.165, 1.54) is 7.11 Å². The number of benzene rings is 1. The van der Waals surface area contributed by atoms with Crippen molar-refractivity contribution in [3.63, 3.8) is 0 Å². The van der Waals surface area contributed by atoms with E-state index < -0.39 is 5.97 Å². The SMILES string of the molecule is COC(=O)c1cccnc1Cc1cc(Cl)ccc1Cl. The molecule has 19 heavy (non-hydrogen) atoms. The molecule has 0 radical (unpaired) electrons. The zero-order valence-electron chi connectivity index (χ0n) is 10.2. The molecule has 0 aliphatic heterocycles. The molecule has 2 rings (SSSR count). The lowest BCUT2D eigenvalue weighted by Gasteiger charge is -2.08. The first kappa shape index (κ1) is 13.8. The molecule has 5 heteroatoms. The summed E-state index contributed by atoms with van der Waals surface area (Å²) in [6.07, 6.45) is 2.05. The molecule has 1 heterocycles. The molecule has 0 amide bonds. The van der Waals surface area contributed by atoms with Gasteiger partial charge in [-0.2, -0.15) is 0 Å². The number of rotatable bonds is 3. The topological polar surface area (TPSA) is 39.2 Å². The van der Waals surface area contributed by atoms with Crippen molar-refractivity contribution in [1.29, 1.82) is 0 Å². The molecule has 1 aromatic heterocycles. The second-order valence-corrected chi connectivity index (χ2v) is 4.75. The number of halogens is 2. The van der Waals surface area contributed by atoms with Gasteiger partial charge in [-0.25, -0.2) is 4.79 Å². The predicted molar refractivity (Wildman–Crippen MR) is 74.8 cm³/mol. The number of pyridine rings is 1. The van der Waals surface area contributed by atoms with Crippen molar-refractivity contribution in [3.05, 3.63) is 63.4 Å². The molecule has 0 aliphatic carbocycles. The summed E-state index contributed by atoms with van der Waals surface area (Å²) in [7, 11) is 1.34. The lowest BCUT2D eigenvalue weighted by molar-refractivity contribution is 0.0599. The van der Waals surface area contributed by atoms with Crippen molar-refractivity contribution in [1.82, 2.24) is 4.98 Å². The molecule has 0 unspecified atom stereocenters. The highest BCUT2D eigenvalue weighted by Crippen LogP contribution is 2.23. The number of nitrogens with zero attached hydrogens (tertiary/aromatic N) is 1. The maximum Gasteiger partial charge on any atom is 0.339 e. The van der Waals surface area contributed by atoms with Crippen LogP contribution in [0.3, 0.4) is 0 Å². The zero-order chi connectivity index (χ0) is 13.8. The van der Waals surface area contributed by atoms with Gasteiger partial charge in [0.1, 0.15) is 0 Å². The highest BCUT2D eigenvalue weighted by molar-refractivity contribution is 6.33. The van der Waals surface area contributed by atoms with Gasteiger partial charge in [-0.15, -0.1) is 0 Å². The Morgan fingerprint density at radius 3 is 2.84 bits per heavy atom. The molecule has 0 spiro atoms. The first-order valence-corrected chi connectivity index (χ1v) is 6.33. The van der Waals surface area contributed by atoms with E-state index in [0.717, 1.165) is 5.56 Å². The third-order valence-corrected chi connectivity index (χ3v) is 3.27. The van der Waals surface area contributed by atoms with Crippen molar-refractivity contribution in [2.24, 2.45) is 0 Å². The molecule has 3 nitrogen and oxygen atoms in total. The smallest absolute Gasteiger partial charge is 0.339 e. The summed E-state index contributed by atoms with van der Waals surface area (Å²) in [6.45, 7) is 0.